The van der Waals surface area contributed by atoms with Crippen molar-refractivity contribution in [3.63, 3.8) is 0 Å². The lowest BCUT2D eigenvalue weighted by Gasteiger charge is -2.04. The molecule has 1 aromatic rings. The second kappa shape index (κ2) is 5.76. The van der Waals surface area contributed by atoms with E-state index in [0.29, 0.717) is 15.7 Å². The summed E-state index contributed by atoms with van der Waals surface area (Å²) in [7, 11) is 0. The maximum absolute atomic E-state index is 11.9. The van der Waals surface area contributed by atoms with Gasteiger partial charge in [0.15, 0.2) is 0 Å². The molecule has 1 amide bonds. The molecule has 90 valence electrons. The number of nitrogens with zero attached hydrogens (tertiary/aromatic N) is 1. The van der Waals surface area contributed by atoms with Crippen LogP contribution in [0, 0.1) is 11.3 Å². The number of nitriles is 1. The van der Waals surface area contributed by atoms with Gasteiger partial charge in [-0.3, -0.25) is 9.59 Å². The summed E-state index contributed by atoms with van der Waals surface area (Å²) in [5.74, 6) is -0.169. The summed E-state index contributed by atoms with van der Waals surface area (Å²) in [5, 5.41) is 11.6. The van der Waals surface area contributed by atoms with E-state index in [1.54, 1.807) is 24.3 Å². The highest BCUT2D eigenvalue weighted by molar-refractivity contribution is 8.34. The molecule has 1 N–H and O–H groups in total. The number of nitrogens with one attached hydrogen (secondary N) is 1. The predicted octanol–water partition coefficient (Wildman–Crippen LogP) is 2.37. The lowest BCUT2D eigenvalue weighted by Crippen LogP contribution is -2.14. The van der Waals surface area contributed by atoms with Crippen molar-refractivity contribution in [1.29, 1.82) is 5.26 Å². The number of rotatable bonds is 2. The minimum Gasteiger partial charge on any atom is -0.321 e. The van der Waals surface area contributed by atoms with E-state index in [4.69, 9.17) is 5.26 Å². The number of thioether (sulfide) groups is 2. The summed E-state index contributed by atoms with van der Waals surface area (Å²) in [6, 6.07) is 10.7. The molecule has 1 saturated heterocycles. The van der Waals surface area contributed by atoms with E-state index < -0.39 is 5.91 Å². The lowest BCUT2D eigenvalue weighted by molar-refractivity contribution is -0.112. The van der Waals surface area contributed by atoms with Crippen molar-refractivity contribution in [2.75, 3.05) is 11.1 Å². The van der Waals surface area contributed by atoms with Gasteiger partial charge >= 0.3 is 0 Å². The zero-order valence-electron chi connectivity index (χ0n) is 9.17. The third kappa shape index (κ3) is 2.94. The van der Waals surface area contributed by atoms with Gasteiger partial charge in [-0.05, 0) is 23.9 Å². The van der Waals surface area contributed by atoms with E-state index in [1.807, 2.05) is 12.1 Å². The summed E-state index contributed by atoms with van der Waals surface area (Å²) in [6.45, 7) is 0. The topological polar surface area (TPSA) is 70.0 Å². The van der Waals surface area contributed by atoms with Crippen LogP contribution in [-0.2, 0) is 9.59 Å². The lowest BCUT2D eigenvalue weighted by atomic mass is 10.3. The Morgan fingerprint density at radius 1 is 1.33 bits per heavy atom. The fourth-order valence-corrected chi connectivity index (χ4v) is 3.40. The number of carbonyl (C=O) groups excluding carboxylic acids is 2. The van der Waals surface area contributed by atoms with Crippen molar-refractivity contribution < 1.29 is 9.59 Å². The number of hydrogen-bond acceptors (Lipinski definition) is 5. The van der Waals surface area contributed by atoms with Crippen molar-refractivity contribution in [2.24, 2.45) is 0 Å². The van der Waals surface area contributed by atoms with Gasteiger partial charge in [0.25, 0.3) is 5.91 Å². The van der Waals surface area contributed by atoms with Crippen LogP contribution in [0.1, 0.15) is 0 Å². The molecule has 4 nitrogen and oxygen atoms in total. The van der Waals surface area contributed by atoms with Crippen LogP contribution in [-0.4, -0.2) is 16.8 Å². The molecule has 6 heteroatoms. The van der Waals surface area contributed by atoms with Crippen LogP contribution in [0.5, 0.6) is 0 Å². The second-order valence-corrected chi connectivity index (χ2v) is 5.67. The van der Waals surface area contributed by atoms with Gasteiger partial charge in [0.2, 0.25) is 5.12 Å². The summed E-state index contributed by atoms with van der Waals surface area (Å²) in [5.41, 5.74) is 0.620. The van der Waals surface area contributed by atoms with Gasteiger partial charge in [-0.1, -0.05) is 18.2 Å². The molecule has 0 atom stereocenters. The zero-order valence-corrected chi connectivity index (χ0v) is 10.8. The minimum atomic E-state index is -0.478. The summed E-state index contributed by atoms with van der Waals surface area (Å²) < 4.78 is 0.482. The molecule has 1 aliphatic rings. The number of benzene rings is 1. The minimum absolute atomic E-state index is 0.000275. The van der Waals surface area contributed by atoms with Gasteiger partial charge in [-0.25, -0.2) is 0 Å². The van der Waals surface area contributed by atoms with Crippen molar-refractivity contribution in [3.8, 4) is 6.07 Å². The third-order valence-electron chi connectivity index (χ3n) is 2.10. The Hall–Kier alpha value is -1.71. The highest BCUT2D eigenvalue weighted by atomic mass is 32.2. The Bertz CT molecular complexity index is 561. The van der Waals surface area contributed by atoms with E-state index in [2.05, 4.69) is 5.32 Å². The Morgan fingerprint density at radius 3 is 2.61 bits per heavy atom. The summed E-state index contributed by atoms with van der Waals surface area (Å²) >= 11 is 2.19. The average molecular weight is 276 g/mol. The van der Waals surface area contributed by atoms with E-state index >= 15 is 0 Å². The Labute approximate surface area is 112 Å². The molecular weight excluding hydrogens is 268 g/mol. The molecule has 0 saturated carbocycles. The molecule has 0 aliphatic carbocycles. The number of amides is 1. The summed E-state index contributed by atoms with van der Waals surface area (Å²) in [4.78, 5) is 23.0. The quantitative estimate of drug-likeness (QED) is 0.663. The smallest absolute Gasteiger partial charge is 0.268 e. The van der Waals surface area contributed by atoms with Crippen molar-refractivity contribution >= 4 is 40.2 Å². The van der Waals surface area contributed by atoms with Crippen LogP contribution < -0.4 is 5.32 Å². The molecule has 2 rings (SSSR count). The first kappa shape index (κ1) is 12.7. The van der Waals surface area contributed by atoms with E-state index in [0.717, 1.165) is 11.8 Å². The number of para-hydroxylation sites is 1. The molecule has 1 aliphatic heterocycles. The third-order valence-corrected chi connectivity index (χ3v) is 4.52. The predicted molar refractivity (Wildman–Crippen MR) is 72.8 cm³/mol. The first-order chi connectivity index (χ1) is 8.70. The molecule has 0 bridgehead atoms. The average Bonchev–Trinajstić information content (AvgIpc) is 2.78. The normalized spacial score (nSPS) is 17.2. The molecule has 1 heterocycles. The molecule has 0 radical (unpaired) electrons. The zero-order chi connectivity index (χ0) is 13.0. The summed E-state index contributed by atoms with van der Waals surface area (Å²) in [6.07, 6.45) is 0. The Balaban J connectivity index is 2.17. The largest absolute Gasteiger partial charge is 0.321 e. The number of hydrogen-bond donors (Lipinski definition) is 1. The van der Waals surface area contributed by atoms with Gasteiger partial charge in [0.05, 0.1) is 9.99 Å². The number of carbonyl (C=O) groups is 2. The number of anilines is 1. The van der Waals surface area contributed by atoms with Gasteiger partial charge in [0.1, 0.15) is 11.6 Å². The van der Waals surface area contributed by atoms with Crippen LogP contribution in [0.3, 0.4) is 0 Å². The first-order valence-electron chi connectivity index (χ1n) is 5.05. The van der Waals surface area contributed by atoms with Gasteiger partial charge in [-0.2, -0.15) is 5.26 Å². The van der Waals surface area contributed by atoms with Crippen LogP contribution in [0.4, 0.5) is 5.69 Å². The second-order valence-electron chi connectivity index (χ2n) is 3.36. The van der Waals surface area contributed by atoms with E-state index in [1.165, 1.54) is 11.8 Å². The maximum atomic E-state index is 11.9. The van der Waals surface area contributed by atoms with Gasteiger partial charge in [0, 0.05) is 5.69 Å². The fourth-order valence-electron chi connectivity index (χ4n) is 1.31. The maximum Gasteiger partial charge on any atom is 0.268 e. The Kier molecular flexibility index (Phi) is 4.07. The molecule has 1 aromatic carbocycles. The molecule has 18 heavy (non-hydrogen) atoms. The monoisotopic (exact) mass is 276 g/mol. The van der Waals surface area contributed by atoms with Gasteiger partial charge < -0.3 is 5.32 Å². The van der Waals surface area contributed by atoms with Crippen molar-refractivity contribution in [2.45, 2.75) is 0 Å². The van der Waals surface area contributed by atoms with Crippen LogP contribution in [0.15, 0.2) is 40.1 Å². The van der Waals surface area contributed by atoms with Crippen LogP contribution in [0.25, 0.3) is 0 Å². The van der Waals surface area contributed by atoms with Crippen molar-refractivity contribution in [1.82, 2.24) is 0 Å². The van der Waals surface area contributed by atoms with E-state index in [-0.39, 0.29) is 10.7 Å². The molecule has 0 aromatic heterocycles. The fraction of sp³-hybridized carbons (Fsp3) is 0.0833. The van der Waals surface area contributed by atoms with Crippen molar-refractivity contribution in [3.05, 3.63) is 40.1 Å². The Morgan fingerprint density at radius 2 is 2.06 bits per heavy atom. The molecule has 1 fully saturated rings. The molecule has 0 unspecified atom stereocenters. The SMILES string of the molecule is N#C/C(C(=O)Nc1ccccc1)=C1\SCC(=O)S1. The highest BCUT2D eigenvalue weighted by Crippen LogP contribution is 2.39. The molecular formula is C12H8N2O2S2. The van der Waals surface area contributed by atoms with Crippen LogP contribution >= 0.6 is 23.5 Å². The van der Waals surface area contributed by atoms with E-state index in [9.17, 15) is 9.59 Å². The standard InChI is InChI=1S/C12H8N2O2S2/c13-6-9(12-17-7-10(15)18-12)11(16)14-8-4-2-1-3-5-8/h1-5H,7H2,(H,14,16)/b12-9-. The first-order valence-corrected chi connectivity index (χ1v) is 6.85. The highest BCUT2D eigenvalue weighted by Gasteiger charge is 2.25. The molecule has 0 spiro atoms. The van der Waals surface area contributed by atoms with Gasteiger partial charge in [-0.15, -0.1) is 11.8 Å². The van der Waals surface area contributed by atoms with Crippen LogP contribution in [0.2, 0.25) is 0 Å².